The Bertz CT molecular complexity index is 705. The molecule has 128 valence electrons. The summed E-state index contributed by atoms with van der Waals surface area (Å²) in [6, 6.07) is 9.96. The summed E-state index contributed by atoms with van der Waals surface area (Å²) in [5.74, 6) is -0.212. The van der Waals surface area contributed by atoms with Crippen LogP contribution in [-0.4, -0.2) is 51.6 Å². The summed E-state index contributed by atoms with van der Waals surface area (Å²) in [5, 5.41) is 12.7. The number of ether oxygens (including phenoxy) is 4. The minimum atomic E-state index is -0.686. The molecule has 1 aromatic carbocycles. The average molecular weight is 332 g/mol. The van der Waals surface area contributed by atoms with Crippen LogP contribution < -0.4 is 0 Å². The van der Waals surface area contributed by atoms with Crippen LogP contribution in [0.3, 0.4) is 0 Å². The molecule has 0 aliphatic carbocycles. The fraction of sp³-hybridized carbons (Fsp3) is 0.562. The van der Waals surface area contributed by atoms with Crippen molar-refractivity contribution in [2.24, 2.45) is 0 Å². The van der Waals surface area contributed by atoms with Crippen molar-refractivity contribution in [1.82, 2.24) is 20.2 Å². The largest absolute Gasteiger partial charge is 0.353 e. The zero-order valence-corrected chi connectivity index (χ0v) is 13.8. The van der Waals surface area contributed by atoms with Gasteiger partial charge in [-0.15, -0.1) is 10.2 Å². The molecule has 0 N–H and O–H groups in total. The predicted octanol–water partition coefficient (Wildman–Crippen LogP) is 1.29. The molecule has 0 amide bonds. The number of rotatable bonds is 4. The third kappa shape index (κ3) is 2.82. The van der Waals surface area contributed by atoms with E-state index in [1.54, 1.807) is 11.9 Å². The highest BCUT2D eigenvalue weighted by atomic mass is 16.8. The Morgan fingerprint density at radius 1 is 1.17 bits per heavy atom. The summed E-state index contributed by atoms with van der Waals surface area (Å²) >= 11 is 0. The van der Waals surface area contributed by atoms with E-state index in [-0.39, 0.29) is 12.2 Å². The van der Waals surface area contributed by atoms with Crippen LogP contribution in [0, 0.1) is 0 Å². The van der Waals surface area contributed by atoms with Crippen LogP contribution in [0.4, 0.5) is 0 Å². The number of methoxy groups -OCH3 is 1. The van der Waals surface area contributed by atoms with Gasteiger partial charge in [-0.2, -0.15) is 4.80 Å². The molecule has 0 spiro atoms. The van der Waals surface area contributed by atoms with Gasteiger partial charge in [0.2, 0.25) is 5.82 Å². The molecule has 4 rings (SSSR count). The van der Waals surface area contributed by atoms with Crippen molar-refractivity contribution in [2.45, 2.75) is 50.8 Å². The fourth-order valence-electron chi connectivity index (χ4n) is 3.14. The Balaban J connectivity index is 1.54. The van der Waals surface area contributed by atoms with Crippen molar-refractivity contribution in [3.05, 3.63) is 41.7 Å². The first-order valence-electron chi connectivity index (χ1n) is 7.91. The second kappa shape index (κ2) is 5.89. The third-order valence-corrected chi connectivity index (χ3v) is 4.13. The molecule has 2 aliphatic rings. The molecule has 0 radical (unpaired) electrons. The van der Waals surface area contributed by atoms with E-state index >= 15 is 0 Å². The number of nitrogens with zero attached hydrogens (tertiary/aromatic N) is 4. The first kappa shape index (κ1) is 15.6. The maximum absolute atomic E-state index is 5.96. The van der Waals surface area contributed by atoms with Crippen LogP contribution in [0.2, 0.25) is 0 Å². The van der Waals surface area contributed by atoms with Gasteiger partial charge < -0.3 is 18.9 Å². The smallest absolute Gasteiger partial charge is 0.206 e. The topological polar surface area (TPSA) is 80.5 Å². The minimum Gasteiger partial charge on any atom is -0.353 e. The lowest BCUT2D eigenvalue weighted by atomic mass is 10.1. The Morgan fingerprint density at radius 3 is 2.67 bits per heavy atom. The standard InChI is InChI=1S/C16H20N4O4/c1-16(2)23-11-12(22-15(21-3)13(11)24-16)14-17-19-20(18-14)9-10-7-5-4-6-8-10/h4-8,11-13,15H,9H2,1-3H3. The van der Waals surface area contributed by atoms with E-state index in [1.807, 2.05) is 44.2 Å². The maximum atomic E-state index is 5.96. The van der Waals surface area contributed by atoms with E-state index in [4.69, 9.17) is 18.9 Å². The molecule has 2 aromatic rings. The van der Waals surface area contributed by atoms with Crippen LogP contribution in [0.5, 0.6) is 0 Å². The highest BCUT2D eigenvalue weighted by Crippen LogP contribution is 2.44. The minimum absolute atomic E-state index is 0.309. The van der Waals surface area contributed by atoms with Crippen molar-refractivity contribution in [1.29, 1.82) is 0 Å². The van der Waals surface area contributed by atoms with Crippen molar-refractivity contribution in [3.63, 3.8) is 0 Å². The lowest BCUT2D eigenvalue weighted by Gasteiger charge is -2.22. The molecule has 2 aliphatic heterocycles. The Hall–Kier alpha value is -1.87. The predicted molar refractivity (Wildman–Crippen MR) is 81.8 cm³/mol. The van der Waals surface area contributed by atoms with Crippen LogP contribution in [0.15, 0.2) is 30.3 Å². The molecule has 0 bridgehead atoms. The molecule has 1 aromatic heterocycles. The molecule has 4 atom stereocenters. The molecule has 2 saturated heterocycles. The maximum Gasteiger partial charge on any atom is 0.206 e. The molecule has 0 saturated carbocycles. The van der Waals surface area contributed by atoms with E-state index < -0.39 is 18.2 Å². The van der Waals surface area contributed by atoms with E-state index in [9.17, 15) is 0 Å². The summed E-state index contributed by atoms with van der Waals surface area (Å²) in [6.07, 6.45) is -1.61. The number of fused-ring (bicyclic) bond motifs is 1. The second-order valence-electron chi connectivity index (χ2n) is 6.39. The number of hydrogen-bond donors (Lipinski definition) is 0. The molecule has 4 unspecified atom stereocenters. The number of tetrazole rings is 1. The summed E-state index contributed by atoms with van der Waals surface area (Å²) in [4.78, 5) is 1.55. The monoisotopic (exact) mass is 332 g/mol. The average Bonchev–Trinajstić information content (AvgIpc) is 3.21. The zero-order valence-electron chi connectivity index (χ0n) is 13.8. The van der Waals surface area contributed by atoms with Gasteiger partial charge in [0, 0.05) is 7.11 Å². The first-order chi connectivity index (χ1) is 11.6. The van der Waals surface area contributed by atoms with Gasteiger partial charge in [-0.25, -0.2) is 0 Å². The van der Waals surface area contributed by atoms with E-state index in [0.29, 0.717) is 12.4 Å². The van der Waals surface area contributed by atoms with Crippen molar-refractivity contribution in [2.75, 3.05) is 7.11 Å². The van der Waals surface area contributed by atoms with Gasteiger partial charge in [0.25, 0.3) is 0 Å². The molecule has 3 heterocycles. The Morgan fingerprint density at radius 2 is 1.92 bits per heavy atom. The highest BCUT2D eigenvalue weighted by molar-refractivity contribution is 5.14. The van der Waals surface area contributed by atoms with Gasteiger partial charge in [-0.3, -0.25) is 0 Å². The van der Waals surface area contributed by atoms with Gasteiger partial charge >= 0.3 is 0 Å². The van der Waals surface area contributed by atoms with Crippen LogP contribution in [-0.2, 0) is 25.5 Å². The molecular formula is C16H20N4O4. The van der Waals surface area contributed by atoms with E-state index in [1.165, 1.54) is 0 Å². The zero-order chi connectivity index (χ0) is 16.7. The number of aromatic nitrogens is 4. The van der Waals surface area contributed by atoms with Gasteiger partial charge in [0.05, 0.1) is 6.54 Å². The molecule has 8 nitrogen and oxygen atoms in total. The van der Waals surface area contributed by atoms with Gasteiger partial charge in [-0.05, 0) is 24.6 Å². The first-order valence-corrected chi connectivity index (χ1v) is 7.91. The Kier molecular flexibility index (Phi) is 3.84. The SMILES string of the molecule is COC1OC(c2nnn(Cc3ccccc3)n2)C2OC(C)(C)OC12. The summed E-state index contributed by atoms with van der Waals surface area (Å²) in [5.41, 5.74) is 1.10. The van der Waals surface area contributed by atoms with Gasteiger partial charge in [-0.1, -0.05) is 30.3 Å². The van der Waals surface area contributed by atoms with Gasteiger partial charge in [0.1, 0.15) is 12.2 Å². The summed E-state index contributed by atoms with van der Waals surface area (Å²) < 4.78 is 23.1. The lowest BCUT2D eigenvalue weighted by molar-refractivity contribution is -0.229. The van der Waals surface area contributed by atoms with Crippen LogP contribution >= 0.6 is 0 Å². The van der Waals surface area contributed by atoms with Crippen molar-refractivity contribution >= 4 is 0 Å². The third-order valence-electron chi connectivity index (χ3n) is 4.13. The molecular weight excluding hydrogens is 312 g/mol. The molecule has 24 heavy (non-hydrogen) atoms. The van der Waals surface area contributed by atoms with E-state index in [2.05, 4.69) is 15.4 Å². The summed E-state index contributed by atoms with van der Waals surface area (Å²) in [7, 11) is 1.58. The second-order valence-corrected chi connectivity index (χ2v) is 6.39. The Labute approximate surface area is 139 Å². The molecule has 8 heteroatoms. The normalized spacial score (nSPS) is 31.3. The highest BCUT2D eigenvalue weighted by Gasteiger charge is 2.57. The number of hydrogen-bond acceptors (Lipinski definition) is 7. The van der Waals surface area contributed by atoms with Crippen molar-refractivity contribution in [3.8, 4) is 0 Å². The van der Waals surface area contributed by atoms with Crippen LogP contribution in [0.25, 0.3) is 0 Å². The quantitative estimate of drug-likeness (QED) is 0.834. The van der Waals surface area contributed by atoms with Crippen LogP contribution in [0.1, 0.15) is 31.3 Å². The fourth-order valence-corrected chi connectivity index (χ4v) is 3.14. The van der Waals surface area contributed by atoms with E-state index in [0.717, 1.165) is 5.56 Å². The summed E-state index contributed by atoms with van der Waals surface area (Å²) in [6.45, 7) is 4.29. The lowest BCUT2D eigenvalue weighted by Crippen LogP contribution is -2.30. The molecule has 2 fully saturated rings. The van der Waals surface area contributed by atoms with Crippen molar-refractivity contribution < 1.29 is 18.9 Å². The van der Waals surface area contributed by atoms with Gasteiger partial charge in [0.15, 0.2) is 18.2 Å². The number of benzene rings is 1.